The minimum absolute atomic E-state index is 0.355. The second-order valence-electron chi connectivity index (χ2n) is 4.38. The average Bonchev–Trinajstić information content (AvgIpc) is 2.96. The molecule has 3 rings (SSSR count). The van der Waals surface area contributed by atoms with Crippen molar-refractivity contribution in [3.8, 4) is 10.6 Å². The van der Waals surface area contributed by atoms with E-state index in [1.54, 1.807) is 0 Å². The van der Waals surface area contributed by atoms with Gasteiger partial charge in [0.25, 0.3) is 0 Å². The third-order valence-electron chi connectivity index (χ3n) is 2.86. The smallest absolute Gasteiger partial charge is 0.148 e. The second kappa shape index (κ2) is 5.87. The van der Waals surface area contributed by atoms with Crippen LogP contribution in [0.5, 0.6) is 0 Å². The van der Waals surface area contributed by atoms with Gasteiger partial charge in [-0.15, -0.1) is 21.8 Å². The van der Waals surface area contributed by atoms with Gasteiger partial charge >= 0.3 is 0 Å². The largest absolute Gasteiger partial charge is 0.207 e. The number of alkyl halides is 1. The molecule has 1 atom stereocenters. The van der Waals surface area contributed by atoms with Crippen LogP contribution in [0.1, 0.15) is 15.9 Å². The maximum Gasteiger partial charge on any atom is 0.148 e. The number of aromatic nitrogens is 2. The number of halogens is 3. The first kappa shape index (κ1) is 14.1. The molecule has 3 aromatic rings. The zero-order valence-corrected chi connectivity index (χ0v) is 12.2. The van der Waals surface area contributed by atoms with Crippen LogP contribution >= 0.6 is 22.9 Å². The molecule has 1 unspecified atom stereocenters. The lowest BCUT2D eigenvalue weighted by molar-refractivity contribution is 0.584. The molecule has 0 fully saturated rings. The Morgan fingerprint density at radius 2 is 1.62 bits per heavy atom. The van der Waals surface area contributed by atoms with Crippen LogP contribution < -0.4 is 0 Å². The molecule has 106 valence electrons. The fourth-order valence-corrected chi connectivity index (χ4v) is 3.05. The van der Waals surface area contributed by atoms with Crippen molar-refractivity contribution in [3.63, 3.8) is 0 Å². The fourth-order valence-electron chi connectivity index (χ4n) is 1.90. The standard InChI is InChI=1S/C15H9ClF2N2S/c16-13(9-4-2-1-3-5-9)15-20-19-14(21-15)10-6-11(17)8-12(18)7-10/h1-8,13H. The van der Waals surface area contributed by atoms with E-state index < -0.39 is 17.0 Å². The lowest BCUT2D eigenvalue weighted by Gasteiger charge is -2.04. The number of hydrogen-bond donors (Lipinski definition) is 0. The zero-order chi connectivity index (χ0) is 14.8. The van der Waals surface area contributed by atoms with Crippen LogP contribution in [0.2, 0.25) is 0 Å². The van der Waals surface area contributed by atoms with Crippen molar-refractivity contribution in [2.45, 2.75) is 5.38 Å². The van der Waals surface area contributed by atoms with Crippen LogP contribution in [-0.4, -0.2) is 10.2 Å². The molecule has 0 aliphatic heterocycles. The van der Waals surface area contributed by atoms with E-state index in [4.69, 9.17) is 11.6 Å². The van der Waals surface area contributed by atoms with E-state index in [0.29, 0.717) is 15.6 Å². The minimum Gasteiger partial charge on any atom is -0.207 e. The van der Waals surface area contributed by atoms with E-state index in [0.717, 1.165) is 11.6 Å². The van der Waals surface area contributed by atoms with Gasteiger partial charge in [-0.05, 0) is 17.7 Å². The Morgan fingerprint density at radius 3 is 2.29 bits per heavy atom. The van der Waals surface area contributed by atoms with E-state index in [9.17, 15) is 8.78 Å². The van der Waals surface area contributed by atoms with Gasteiger partial charge in [0.15, 0.2) is 0 Å². The summed E-state index contributed by atoms with van der Waals surface area (Å²) in [6.07, 6.45) is 0. The number of nitrogens with zero attached hydrogens (tertiary/aromatic N) is 2. The SMILES string of the molecule is Fc1cc(F)cc(-c2nnc(C(Cl)c3ccccc3)s2)c1. The molecule has 6 heteroatoms. The second-order valence-corrected chi connectivity index (χ2v) is 5.82. The fraction of sp³-hybridized carbons (Fsp3) is 0.0667. The summed E-state index contributed by atoms with van der Waals surface area (Å²) in [5.41, 5.74) is 1.25. The van der Waals surface area contributed by atoms with E-state index in [-0.39, 0.29) is 0 Å². The van der Waals surface area contributed by atoms with Gasteiger partial charge in [-0.1, -0.05) is 41.7 Å². The van der Waals surface area contributed by atoms with Crippen molar-refractivity contribution in [1.29, 1.82) is 0 Å². The maximum absolute atomic E-state index is 13.2. The third kappa shape index (κ3) is 3.09. The monoisotopic (exact) mass is 322 g/mol. The molecule has 0 bridgehead atoms. The Hall–Kier alpha value is -1.85. The zero-order valence-electron chi connectivity index (χ0n) is 10.6. The predicted octanol–water partition coefficient (Wildman–Crippen LogP) is 4.81. The minimum atomic E-state index is -0.646. The van der Waals surface area contributed by atoms with Crippen molar-refractivity contribution < 1.29 is 8.78 Å². The van der Waals surface area contributed by atoms with E-state index in [2.05, 4.69) is 10.2 Å². The molecule has 1 heterocycles. The molecular formula is C15H9ClF2N2S. The van der Waals surface area contributed by atoms with Crippen LogP contribution in [0.4, 0.5) is 8.78 Å². The molecule has 0 saturated carbocycles. The van der Waals surface area contributed by atoms with Gasteiger partial charge < -0.3 is 0 Å². The molecule has 0 saturated heterocycles. The number of benzene rings is 2. The van der Waals surface area contributed by atoms with E-state index in [1.165, 1.54) is 23.5 Å². The molecule has 0 aliphatic carbocycles. The van der Waals surface area contributed by atoms with Gasteiger partial charge in [0, 0.05) is 11.6 Å². The van der Waals surface area contributed by atoms with Crippen molar-refractivity contribution in [2.24, 2.45) is 0 Å². The van der Waals surface area contributed by atoms with Gasteiger partial charge in [0.05, 0.1) is 0 Å². The lowest BCUT2D eigenvalue weighted by atomic mass is 10.1. The third-order valence-corrected chi connectivity index (χ3v) is 4.48. The highest BCUT2D eigenvalue weighted by Crippen LogP contribution is 2.34. The Balaban J connectivity index is 1.93. The van der Waals surface area contributed by atoms with Crippen LogP contribution in [0.3, 0.4) is 0 Å². The Bertz CT molecular complexity index is 741. The molecule has 1 aromatic heterocycles. The first-order valence-electron chi connectivity index (χ1n) is 6.12. The van der Waals surface area contributed by atoms with Crippen LogP contribution in [0.15, 0.2) is 48.5 Å². The van der Waals surface area contributed by atoms with Crippen LogP contribution in [-0.2, 0) is 0 Å². The molecule has 21 heavy (non-hydrogen) atoms. The average molecular weight is 323 g/mol. The molecule has 0 N–H and O–H groups in total. The number of rotatable bonds is 3. The maximum atomic E-state index is 13.2. The summed E-state index contributed by atoms with van der Waals surface area (Å²) in [6.45, 7) is 0. The van der Waals surface area contributed by atoms with Gasteiger partial charge in [0.2, 0.25) is 0 Å². The van der Waals surface area contributed by atoms with Crippen LogP contribution in [0, 0.1) is 11.6 Å². The van der Waals surface area contributed by atoms with Crippen molar-refractivity contribution >= 4 is 22.9 Å². The Labute approximate surface area is 129 Å². The summed E-state index contributed by atoms with van der Waals surface area (Å²) in [7, 11) is 0. The highest BCUT2D eigenvalue weighted by atomic mass is 35.5. The van der Waals surface area contributed by atoms with Crippen molar-refractivity contribution in [3.05, 3.63) is 70.7 Å². The van der Waals surface area contributed by atoms with Crippen molar-refractivity contribution in [1.82, 2.24) is 10.2 Å². The van der Waals surface area contributed by atoms with E-state index >= 15 is 0 Å². The summed E-state index contributed by atoms with van der Waals surface area (Å²) >= 11 is 7.57. The molecule has 0 amide bonds. The quantitative estimate of drug-likeness (QED) is 0.647. The molecule has 0 spiro atoms. The Morgan fingerprint density at radius 1 is 0.952 bits per heavy atom. The lowest BCUT2D eigenvalue weighted by Crippen LogP contribution is -1.91. The summed E-state index contributed by atoms with van der Waals surface area (Å²) < 4.78 is 26.5. The molecule has 2 aromatic carbocycles. The molecule has 2 nitrogen and oxygen atoms in total. The highest BCUT2D eigenvalue weighted by molar-refractivity contribution is 7.15. The first-order valence-corrected chi connectivity index (χ1v) is 7.37. The normalized spacial score (nSPS) is 12.3. The topological polar surface area (TPSA) is 25.8 Å². The Kier molecular flexibility index (Phi) is 3.94. The predicted molar refractivity (Wildman–Crippen MR) is 79.4 cm³/mol. The van der Waals surface area contributed by atoms with Crippen LogP contribution in [0.25, 0.3) is 10.6 Å². The molecular weight excluding hydrogens is 314 g/mol. The van der Waals surface area contributed by atoms with Gasteiger partial charge in [-0.2, -0.15) is 0 Å². The first-order chi connectivity index (χ1) is 10.1. The van der Waals surface area contributed by atoms with Crippen molar-refractivity contribution in [2.75, 3.05) is 0 Å². The summed E-state index contributed by atoms with van der Waals surface area (Å²) in [4.78, 5) is 0. The number of hydrogen-bond acceptors (Lipinski definition) is 3. The van der Waals surface area contributed by atoms with E-state index in [1.807, 2.05) is 30.3 Å². The summed E-state index contributed by atoms with van der Waals surface area (Å²) in [5, 5.41) is 8.57. The molecule has 0 aliphatic rings. The van der Waals surface area contributed by atoms with Gasteiger partial charge in [0.1, 0.15) is 27.0 Å². The highest BCUT2D eigenvalue weighted by Gasteiger charge is 2.17. The summed E-state index contributed by atoms with van der Waals surface area (Å²) in [5.74, 6) is -1.29. The summed E-state index contributed by atoms with van der Waals surface area (Å²) in [6, 6.07) is 12.7. The van der Waals surface area contributed by atoms with Gasteiger partial charge in [-0.3, -0.25) is 0 Å². The molecule has 0 radical (unpaired) electrons. The van der Waals surface area contributed by atoms with Gasteiger partial charge in [-0.25, -0.2) is 8.78 Å².